The molecule has 0 unspecified atom stereocenters. The quantitative estimate of drug-likeness (QED) is 0.427. The molecule has 2 heterocycles. The number of nitro groups is 1. The molecule has 126 valence electrons. The molecule has 2 aromatic heterocycles. The molecule has 0 aliphatic rings. The third kappa shape index (κ3) is 4.53. The predicted molar refractivity (Wildman–Crippen MR) is 92.3 cm³/mol. The van der Waals surface area contributed by atoms with E-state index in [2.05, 4.69) is 6.58 Å². The SMILES string of the molecule is C=CCN(Cc1ccc(Cl)s1)C(=O)Cn1cc([N+](=O)[O-])ccc1=O. The molecule has 0 saturated carbocycles. The fourth-order valence-corrected chi connectivity index (χ4v) is 3.13. The third-order valence-corrected chi connectivity index (χ3v) is 4.38. The number of aromatic nitrogens is 1. The standard InChI is InChI=1S/C15H14ClN3O4S/c1-2-7-17(9-12-4-5-13(16)24-12)15(21)10-18-8-11(19(22)23)3-6-14(18)20/h2-6,8H,1,7,9-10H2. The van der Waals surface area contributed by atoms with Crippen molar-refractivity contribution in [3.8, 4) is 0 Å². The Hall–Kier alpha value is -2.45. The van der Waals surface area contributed by atoms with E-state index in [1.54, 1.807) is 12.1 Å². The maximum absolute atomic E-state index is 12.5. The maximum Gasteiger partial charge on any atom is 0.285 e. The molecule has 0 N–H and O–H groups in total. The molecule has 0 spiro atoms. The molecule has 7 nitrogen and oxygen atoms in total. The highest BCUT2D eigenvalue weighted by Crippen LogP contribution is 2.22. The Morgan fingerprint density at radius 3 is 2.75 bits per heavy atom. The normalized spacial score (nSPS) is 10.4. The Morgan fingerprint density at radius 2 is 2.17 bits per heavy atom. The molecule has 0 aliphatic heterocycles. The summed E-state index contributed by atoms with van der Waals surface area (Å²) in [6, 6.07) is 5.74. The van der Waals surface area contributed by atoms with Crippen molar-refractivity contribution in [3.63, 3.8) is 0 Å². The van der Waals surface area contributed by atoms with E-state index >= 15 is 0 Å². The second kappa shape index (κ2) is 7.89. The highest BCUT2D eigenvalue weighted by molar-refractivity contribution is 7.16. The first-order valence-corrected chi connectivity index (χ1v) is 8.08. The number of carbonyl (C=O) groups is 1. The van der Waals surface area contributed by atoms with Crippen molar-refractivity contribution in [2.45, 2.75) is 13.1 Å². The van der Waals surface area contributed by atoms with E-state index in [4.69, 9.17) is 11.6 Å². The van der Waals surface area contributed by atoms with Gasteiger partial charge in [0.15, 0.2) is 0 Å². The molecular formula is C15H14ClN3O4S. The van der Waals surface area contributed by atoms with Gasteiger partial charge in [-0.1, -0.05) is 17.7 Å². The van der Waals surface area contributed by atoms with Crippen LogP contribution in [0.2, 0.25) is 4.34 Å². The van der Waals surface area contributed by atoms with Crippen LogP contribution in [-0.2, 0) is 17.9 Å². The number of nitrogens with zero attached hydrogens (tertiary/aromatic N) is 3. The summed E-state index contributed by atoms with van der Waals surface area (Å²) >= 11 is 7.24. The average molecular weight is 368 g/mol. The van der Waals surface area contributed by atoms with Crippen molar-refractivity contribution in [1.29, 1.82) is 0 Å². The zero-order valence-electron chi connectivity index (χ0n) is 12.6. The molecular weight excluding hydrogens is 354 g/mol. The van der Waals surface area contributed by atoms with Crippen LogP contribution < -0.4 is 5.56 Å². The van der Waals surface area contributed by atoms with Gasteiger partial charge >= 0.3 is 0 Å². The van der Waals surface area contributed by atoms with Crippen molar-refractivity contribution in [2.75, 3.05) is 6.54 Å². The van der Waals surface area contributed by atoms with Crippen LogP contribution in [0.3, 0.4) is 0 Å². The van der Waals surface area contributed by atoms with Crippen LogP contribution in [-0.4, -0.2) is 26.8 Å². The highest BCUT2D eigenvalue weighted by atomic mass is 35.5. The van der Waals surface area contributed by atoms with Crippen LogP contribution >= 0.6 is 22.9 Å². The van der Waals surface area contributed by atoms with Gasteiger partial charge in [-0.3, -0.25) is 24.3 Å². The van der Waals surface area contributed by atoms with Crippen molar-refractivity contribution in [3.05, 3.63) is 72.8 Å². The molecule has 0 saturated heterocycles. The van der Waals surface area contributed by atoms with Gasteiger partial charge in [-0.05, 0) is 12.1 Å². The summed E-state index contributed by atoms with van der Waals surface area (Å²) in [7, 11) is 0. The molecule has 0 bridgehead atoms. The van der Waals surface area contributed by atoms with Crippen LogP contribution in [0.5, 0.6) is 0 Å². The minimum absolute atomic E-state index is 0.247. The summed E-state index contributed by atoms with van der Waals surface area (Å²) in [5, 5.41) is 10.8. The number of carbonyl (C=O) groups excluding carboxylic acids is 1. The van der Waals surface area contributed by atoms with Gasteiger partial charge in [-0.2, -0.15) is 0 Å². The molecule has 2 aromatic rings. The molecule has 0 aliphatic carbocycles. The van der Waals surface area contributed by atoms with Crippen LogP contribution in [0.1, 0.15) is 4.88 Å². The van der Waals surface area contributed by atoms with Crippen LogP contribution in [0.25, 0.3) is 0 Å². The lowest BCUT2D eigenvalue weighted by Gasteiger charge is -2.20. The number of thiophene rings is 1. The van der Waals surface area contributed by atoms with Crippen LogP contribution in [0, 0.1) is 10.1 Å². The highest BCUT2D eigenvalue weighted by Gasteiger charge is 2.16. The molecule has 0 atom stereocenters. The smallest absolute Gasteiger partial charge is 0.285 e. The number of hydrogen-bond acceptors (Lipinski definition) is 5. The van der Waals surface area contributed by atoms with Crippen LogP contribution in [0.15, 0.2) is 47.9 Å². The van der Waals surface area contributed by atoms with E-state index in [9.17, 15) is 19.7 Å². The van der Waals surface area contributed by atoms with Crippen LogP contribution in [0.4, 0.5) is 5.69 Å². The first kappa shape index (κ1) is 17.9. The number of rotatable bonds is 7. The van der Waals surface area contributed by atoms with Crippen molar-refractivity contribution >= 4 is 34.5 Å². The molecule has 1 amide bonds. The second-order valence-electron chi connectivity index (χ2n) is 4.88. The van der Waals surface area contributed by atoms with Gasteiger partial charge in [0.1, 0.15) is 6.54 Å². The largest absolute Gasteiger partial charge is 0.332 e. The second-order valence-corrected chi connectivity index (χ2v) is 6.68. The number of hydrogen-bond donors (Lipinski definition) is 0. The topological polar surface area (TPSA) is 85.4 Å². The lowest BCUT2D eigenvalue weighted by molar-refractivity contribution is -0.385. The summed E-state index contributed by atoms with van der Waals surface area (Å²) in [5.41, 5.74) is -0.727. The Bertz CT molecular complexity index is 830. The fourth-order valence-electron chi connectivity index (χ4n) is 2.03. The van der Waals surface area contributed by atoms with E-state index in [0.29, 0.717) is 10.9 Å². The van der Waals surface area contributed by atoms with Gasteiger partial charge < -0.3 is 4.90 Å². The summed E-state index contributed by atoms with van der Waals surface area (Å²) in [6.45, 7) is 3.95. The first-order valence-electron chi connectivity index (χ1n) is 6.88. The van der Waals surface area contributed by atoms with Gasteiger partial charge in [0.25, 0.3) is 11.2 Å². The maximum atomic E-state index is 12.5. The lowest BCUT2D eigenvalue weighted by atomic mass is 10.3. The molecule has 2 rings (SSSR count). The monoisotopic (exact) mass is 367 g/mol. The van der Waals surface area contributed by atoms with Gasteiger partial charge in [0.2, 0.25) is 5.91 Å². The molecule has 0 fully saturated rings. The minimum Gasteiger partial charge on any atom is -0.332 e. The molecule has 9 heteroatoms. The van der Waals surface area contributed by atoms with E-state index in [1.807, 2.05) is 6.07 Å². The first-order chi connectivity index (χ1) is 11.4. The number of pyridine rings is 1. The molecule has 0 aromatic carbocycles. The van der Waals surface area contributed by atoms with Gasteiger partial charge in [-0.25, -0.2) is 0 Å². The third-order valence-electron chi connectivity index (χ3n) is 3.16. The fraction of sp³-hybridized carbons (Fsp3) is 0.200. The van der Waals surface area contributed by atoms with Crippen molar-refractivity contribution < 1.29 is 9.72 Å². The zero-order valence-corrected chi connectivity index (χ0v) is 14.1. The van der Waals surface area contributed by atoms with Gasteiger partial charge in [0.05, 0.1) is 22.0 Å². The Labute approximate surface area is 146 Å². The Balaban J connectivity index is 2.18. The molecule has 24 heavy (non-hydrogen) atoms. The summed E-state index contributed by atoms with van der Waals surface area (Å²) < 4.78 is 1.64. The number of halogens is 1. The van der Waals surface area contributed by atoms with E-state index < -0.39 is 10.5 Å². The average Bonchev–Trinajstić information content (AvgIpc) is 2.94. The minimum atomic E-state index is -0.616. The van der Waals surface area contributed by atoms with E-state index in [-0.39, 0.29) is 24.7 Å². The Kier molecular flexibility index (Phi) is 5.88. The summed E-state index contributed by atoms with van der Waals surface area (Å²) in [5.74, 6) is -0.345. The number of amides is 1. The predicted octanol–water partition coefficient (Wildman–Crippen LogP) is 2.69. The van der Waals surface area contributed by atoms with Crippen molar-refractivity contribution in [1.82, 2.24) is 9.47 Å². The zero-order chi connectivity index (χ0) is 17.7. The summed E-state index contributed by atoms with van der Waals surface area (Å²) in [6.07, 6.45) is 2.64. The summed E-state index contributed by atoms with van der Waals surface area (Å²) in [4.78, 5) is 36.8. The Morgan fingerprint density at radius 1 is 1.42 bits per heavy atom. The van der Waals surface area contributed by atoms with Gasteiger partial charge in [0, 0.05) is 23.6 Å². The lowest BCUT2D eigenvalue weighted by Crippen LogP contribution is -2.35. The van der Waals surface area contributed by atoms with Crippen molar-refractivity contribution in [2.24, 2.45) is 0 Å². The van der Waals surface area contributed by atoms with E-state index in [1.165, 1.54) is 16.2 Å². The van der Waals surface area contributed by atoms with Gasteiger partial charge in [-0.15, -0.1) is 17.9 Å². The molecule has 0 radical (unpaired) electrons. The van der Waals surface area contributed by atoms with E-state index in [0.717, 1.165) is 27.8 Å².